The maximum Gasteiger partial charge on any atom is 0.229 e. The lowest BCUT2D eigenvalue weighted by Gasteiger charge is -2.26. The third kappa shape index (κ3) is 4.59. The second kappa shape index (κ2) is 9.47. The first-order valence-corrected chi connectivity index (χ1v) is 11.7. The van der Waals surface area contributed by atoms with Gasteiger partial charge in [-0.25, -0.2) is 4.98 Å². The van der Waals surface area contributed by atoms with Crippen molar-refractivity contribution < 1.29 is 9.59 Å². The minimum atomic E-state index is -0.0951. The molecule has 7 nitrogen and oxygen atoms in total. The Morgan fingerprint density at radius 3 is 2.63 bits per heavy atom. The van der Waals surface area contributed by atoms with Crippen LogP contribution in [0, 0.1) is 5.92 Å². The molecule has 2 heterocycles. The normalized spacial score (nSPS) is 19.0. The summed E-state index contributed by atoms with van der Waals surface area (Å²) in [5.74, 6) is 1.04. The molecular formula is C22H27N5O2S. The Labute approximate surface area is 181 Å². The first-order valence-electron chi connectivity index (χ1n) is 10.5. The van der Waals surface area contributed by atoms with E-state index in [9.17, 15) is 9.59 Å². The van der Waals surface area contributed by atoms with Gasteiger partial charge in [-0.05, 0) is 56.2 Å². The van der Waals surface area contributed by atoms with E-state index in [2.05, 4.69) is 15.6 Å². The number of hydrogen-bond acceptors (Lipinski definition) is 6. The molecule has 2 aromatic rings. The number of thioether (sulfide) groups is 1. The molecule has 1 atom stereocenters. The summed E-state index contributed by atoms with van der Waals surface area (Å²) in [5, 5.41) is 6.13. The summed E-state index contributed by atoms with van der Waals surface area (Å²) < 4.78 is 0. The number of amides is 2. The fraction of sp³-hybridized carbons (Fsp3) is 0.455. The van der Waals surface area contributed by atoms with E-state index in [1.807, 2.05) is 30.5 Å². The molecule has 2 fully saturated rings. The van der Waals surface area contributed by atoms with Crippen LogP contribution in [-0.4, -0.2) is 41.1 Å². The number of benzene rings is 1. The molecule has 8 heteroatoms. The van der Waals surface area contributed by atoms with Crippen molar-refractivity contribution in [1.29, 1.82) is 0 Å². The van der Waals surface area contributed by atoms with Gasteiger partial charge in [0.15, 0.2) is 0 Å². The summed E-state index contributed by atoms with van der Waals surface area (Å²) in [6.07, 6.45) is 10.2. The van der Waals surface area contributed by atoms with Gasteiger partial charge in [0.2, 0.25) is 18.3 Å². The van der Waals surface area contributed by atoms with E-state index in [4.69, 9.17) is 4.98 Å². The lowest BCUT2D eigenvalue weighted by Crippen LogP contribution is -2.34. The number of aromatic nitrogens is 2. The molecule has 2 aliphatic rings. The molecular weight excluding hydrogens is 398 g/mol. The maximum atomic E-state index is 12.1. The zero-order valence-corrected chi connectivity index (χ0v) is 18.0. The summed E-state index contributed by atoms with van der Waals surface area (Å²) in [6, 6.07) is 8.21. The summed E-state index contributed by atoms with van der Waals surface area (Å²) in [5.41, 5.74) is 1.74. The number of nitrogens with zero attached hydrogens (tertiary/aromatic N) is 3. The third-order valence-electron chi connectivity index (χ3n) is 5.89. The van der Waals surface area contributed by atoms with Crippen LogP contribution >= 0.6 is 11.8 Å². The fourth-order valence-corrected chi connectivity index (χ4v) is 4.63. The average molecular weight is 426 g/mol. The summed E-state index contributed by atoms with van der Waals surface area (Å²) in [7, 11) is 0. The van der Waals surface area contributed by atoms with Crippen LogP contribution < -0.4 is 15.5 Å². The minimum Gasteiger partial charge on any atom is -0.356 e. The topological polar surface area (TPSA) is 87.2 Å². The molecule has 0 unspecified atom stereocenters. The standard InChI is InChI=1S/C22H27N5O2S/c1-30-19-8-6-17(7-9-19)25-22-24-13-16(12-15-10-11-23-21(15)29)20(26-22)27(14-28)18-4-2-3-5-18/h6-9,13-15,18H,2-5,10-12H2,1H3,(H,23,29)(H,24,25,26)/t15-/m0/s1. The third-order valence-corrected chi connectivity index (χ3v) is 6.64. The van der Waals surface area contributed by atoms with E-state index in [-0.39, 0.29) is 17.9 Å². The number of rotatable bonds is 8. The predicted molar refractivity (Wildman–Crippen MR) is 119 cm³/mol. The van der Waals surface area contributed by atoms with Crippen LogP contribution in [0.3, 0.4) is 0 Å². The van der Waals surface area contributed by atoms with Crippen LogP contribution in [0.25, 0.3) is 0 Å². The van der Waals surface area contributed by atoms with Gasteiger partial charge >= 0.3 is 0 Å². The van der Waals surface area contributed by atoms with Gasteiger partial charge in [-0.15, -0.1) is 11.8 Å². The zero-order chi connectivity index (χ0) is 20.9. The van der Waals surface area contributed by atoms with E-state index < -0.39 is 0 Å². The monoisotopic (exact) mass is 425 g/mol. The Morgan fingerprint density at radius 2 is 2.00 bits per heavy atom. The number of anilines is 3. The molecule has 2 amide bonds. The molecule has 0 radical (unpaired) electrons. The van der Waals surface area contributed by atoms with E-state index >= 15 is 0 Å². The molecule has 1 aromatic heterocycles. The van der Waals surface area contributed by atoms with Crippen LogP contribution in [0.2, 0.25) is 0 Å². The van der Waals surface area contributed by atoms with Crippen molar-refractivity contribution in [2.45, 2.75) is 49.5 Å². The van der Waals surface area contributed by atoms with E-state index in [1.54, 1.807) is 22.9 Å². The van der Waals surface area contributed by atoms with Gasteiger partial charge in [0.1, 0.15) is 5.82 Å². The first kappa shape index (κ1) is 20.7. The molecule has 158 valence electrons. The Balaban J connectivity index is 1.63. The highest BCUT2D eigenvalue weighted by atomic mass is 32.2. The Morgan fingerprint density at radius 1 is 1.23 bits per heavy atom. The average Bonchev–Trinajstić information content (AvgIpc) is 3.43. The van der Waals surface area contributed by atoms with Crippen molar-refractivity contribution in [2.75, 3.05) is 23.0 Å². The molecule has 2 N–H and O–H groups in total. The first-order chi connectivity index (χ1) is 14.7. The maximum absolute atomic E-state index is 12.1. The molecule has 1 aliphatic heterocycles. The largest absolute Gasteiger partial charge is 0.356 e. The second-order valence-corrected chi connectivity index (χ2v) is 8.71. The fourth-order valence-electron chi connectivity index (χ4n) is 4.23. The highest BCUT2D eigenvalue weighted by molar-refractivity contribution is 7.98. The molecule has 30 heavy (non-hydrogen) atoms. The predicted octanol–water partition coefficient (Wildman–Crippen LogP) is 3.53. The van der Waals surface area contributed by atoms with Crippen molar-refractivity contribution in [3.8, 4) is 0 Å². The molecule has 1 aliphatic carbocycles. The highest BCUT2D eigenvalue weighted by Crippen LogP contribution is 2.31. The van der Waals surface area contributed by atoms with Gasteiger partial charge in [0.05, 0.1) is 0 Å². The van der Waals surface area contributed by atoms with Gasteiger partial charge in [-0.2, -0.15) is 4.98 Å². The number of nitrogens with one attached hydrogen (secondary N) is 2. The van der Waals surface area contributed by atoms with E-state index in [0.29, 0.717) is 24.7 Å². The lowest BCUT2D eigenvalue weighted by molar-refractivity contribution is -0.122. The number of carbonyl (C=O) groups excluding carboxylic acids is 2. The van der Waals surface area contributed by atoms with E-state index in [1.165, 1.54) is 4.90 Å². The molecule has 1 saturated carbocycles. The minimum absolute atomic E-state index is 0.0653. The van der Waals surface area contributed by atoms with Gasteiger partial charge in [0.25, 0.3) is 0 Å². The number of carbonyl (C=O) groups is 2. The van der Waals surface area contributed by atoms with Crippen LogP contribution in [0.5, 0.6) is 0 Å². The SMILES string of the molecule is CSc1ccc(Nc2ncc(C[C@@H]3CCNC3=O)c(N(C=O)C3CCCC3)n2)cc1. The molecule has 4 rings (SSSR count). The van der Waals surface area contributed by atoms with Crippen LogP contribution in [0.1, 0.15) is 37.7 Å². The summed E-state index contributed by atoms with van der Waals surface area (Å²) in [4.78, 5) is 36.3. The lowest BCUT2D eigenvalue weighted by atomic mass is 9.99. The molecule has 0 spiro atoms. The van der Waals surface area contributed by atoms with E-state index in [0.717, 1.165) is 49.8 Å². The highest BCUT2D eigenvalue weighted by Gasteiger charge is 2.30. The second-order valence-electron chi connectivity index (χ2n) is 7.83. The summed E-state index contributed by atoms with van der Waals surface area (Å²) >= 11 is 1.69. The van der Waals surface area contributed by atoms with Crippen LogP contribution in [0.15, 0.2) is 35.4 Å². The summed E-state index contributed by atoms with van der Waals surface area (Å²) in [6.45, 7) is 0.700. The van der Waals surface area contributed by atoms with Crippen molar-refractivity contribution in [3.63, 3.8) is 0 Å². The van der Waals surface area contributed by atoms with Crippen molar-refractivity contribution in [2.24, 2.45) is 5.92 Å². The molecule has 1 aromatic carbocycles. The zero-order valence-electron chi connectivity index (χ0n) is 17.1. The van der Waals surface area contributed by atoms with Crippen LogP contribution in [-0.2, 0) is 16.0 Å². The van der Waals surface area contributed by atoms with Crippen LogP contribution in [0.4, 0.5) is 17.5 Å². The Hall–Kier alpha value is -2.61. The van der Waals surface area contributed by atoms with Crippen molar-refractivity contribution in [3.05, 3.63) is 36.0 Å². The van der Waals surface area contributed by atoms with Gasteiger partial charge < -0.3 is 10.6 Å². The molecule has 1 saturated heterocycles. The quantitative estimate of drug-likeness (QED) is 0.497. The van der Waals surface area contributed by atoms with Gasteiger partial charge in [0, 0.05) is 40.8 Å². The Bertz CT molecular complexity index is 899. The van der Waals surface area contributed by atoms with Crippen molar-refractivity contribution >= 4 is 41.5 Å². The van der Waals surface area contributed by atoms with Crippen molar-refractivity contribution in [1.82, 2.24) is 15.3 Å². The van der Waals surface area contributed by atoms with Gasteiger partial charge in [-0.3, -0.25) is 14.5 Å². The number of hydrogen-bond donors (Lipinski definition) is 2. The van der Waals surface area contributed by atoms with Gasteiger partial charge in [-0.1, -0.05) is 12.8 Å². The smallest absolute Gasteiger partial charge is 0.229 e. The molecule has 0 bridgehead atoms. The Kier molecular flexibility index (Phi) is 6.52.